The van der Waals surface area contributed by atoms with Gasteiger partial charge in [0.1, 0.15) is 0 Å². The zero-order valence-corrected chi connectivity index (χ0v) is 9.94. The van der Waals surface area contributed by atoms with Gasteiger partial charge in [-0.25, -0.2) is 4.98 Å². The lowest BCUT2D eigenvalue weighted by Gasteiger charge is -2.06. The van der Waals surface area contributed by atoms with Gasteiger partial charge in [0.15, 0.2) is 0 Å². The molecule has 0 aliphatic rings. The van der Waals surface area contributed by atoms with E-state index in [1.54, 1.807) is 13.4 Å². The maximum absolute atomic E-state index is 5.11. The first-order valence-corrected chi connectivity index (χ1v) is 5.63. The number of rotatable bonds is 6. The summed E-state index contributed by atoms with van der Waals surface area (Å²) < 4.78 is 5.11. The van der Waals surface area contributed by atoms with Crippen LogP contribution >= 0.6 is 0 Å². The Morgan fingerprint density at radius 3 is 2.94 bits per heavy atom. The summed E-state index contributed by atoms with van der Waals surface area (Å²) in [5.74, 6) is 0. The highest BCUT2D eigenvalue weighted by atomic mass is 16.5. The van der Waals surface area contributed by atoms with Gasteiger partial charge in [-0.2, -0.15) is 0 Å². The number of benzene rings is 1. The molecule has 0 atom stereocenters. The summed E-state index contributed by atoms with van der Waals surface area (Å²) in [5, 5.41) is 3.36. The van der Waals surface area contributed by atoms with Crippen molar-refractivity contribution in [2.24, 2.45) is 0 Å². The van der Waals surface area contributed by atoms with Crippen molar-refractivity contribution in [3.8, 4) is 0 Å². The van der Waals surface area contributed by atoms with E-state index in [0.717, 1.165) is 18.8 Å². The van der Waals surface area contributed by atoms with E-state index < -0.39 is 0 Å². The molecule has 0 radical (unpaired) electrons. The molecule has 2 N–H and O–H groups in total. The molecule has 1 aromatic carbocycles. The number of nitrogens with zero attached hydrogens (tertiary/aromatic N) is 1. The number of hydrogen-bond acceptors (Lipinski definition) is 3. The van der Waals surface area contributed by atoms with E-state index >= 15 is 0 Å². The average molecular weight is 231 g/mol. The highest BCUT2D eigenvalue weighted by Crippen LogP contribution is 2.06. The first-order valence-electron chi connectivity index (χ1n) is 5.63. The molecule has 0 aliphatic carbocycles. The molecule has 0 saturated heterocycles. The van der Waals surface area contributed by atoms with Gasteiger partial charge >= 0.3 is 0 Å². The topological polar surface area (TPSA) is 49.9 Å². The maximum Gasteiger partial charge on any atom is 0.0922 e. The van der Waals surface area contributed by atoms with Crippen LogP contribution in [0.3, 0.4) is 0 Å². The van der Waals surface area contributed by atoms with Crippen LogP contribution in [0.15, 0.2) is 36.8 Å². The molecule has 17 heavy (non-hydrogen) atoms. The van der Waals surface area contributed by atoms with Gasteiger partial charge in [-0.3, -0.25) is 0 Å². The van der Waals surface area contributed by atoms with E-state index in [0.29, 0.717) is 6.61 Å². The van der Waals surface area contributed by atoms with Crippen molar-refractivity contribution in [2.75, 3.05) is 7.11 Å². The molecule has 4 heteroatoms. The minimum atomic E-state index is 0.661. The predicted octanol–water partition coefficient (Wildman–Crippen LogP) is 1.85. The molecule has 1 heterocycles. The summed E-state index contributed by atoms with van der Waals surface area (Å²) in [6.07, 6.45) is 3.52. The lowest BCUT2D eigenvalue weighted by atomic mass is 10.1. The normalized spacial score (nSPS) is 10.6. The first kappa shape index (κ1) is 11.8. The van der Waals surface area contributed by atoms with Crippen molar-refractivity contribution in [1.29, 1.82) is 0 Å². The van der Waals surface area contributed by atoms with Crippen LogP contribution in [0.5, 0.6) is 0 Å². The van der Waals surface area contributed by atoms with Gasteiger partial charge in [-0.15, -0.1) is 0 Å². The van der Waals surface area contributed by atoms with Crippen LogP contribution in [0.25, 0.3) is 0 Å². The number of aromatic nitrogens is 2. The van der Waals surface area contributed by atoms with Gasteiger partial charge in [-0.05, 0) is 11.1 Å². The van der Waals surface area contributed by atoms with Gasteiger partial charge in [0, 0.05) is 32.1 Å². The Balaban J connectivity index is 1.84. The van der Waals surface area contributed by atoms with Gasteiger partial charge < -0.3 is 15.0 Å². The van der Waals surface area contributed by atoms with Crippen molar-refractivity contribution >= 4 is 0 Å². The minimum Gasteiger partial charge on any atom is -0.380 e. The van der Waals surface area contributed by atoms with Gasteiger partial charge in [0.2, 0.25) is 0 Å². The standard InChI is InChI=1S/C13H17N3O/c1-17-9-12-4-2-3-11(5-12)6-14-7-13-8-15-10-16-13/h2-5,8,10,14H,6-7,9H2,1H3,(H,15,16). The Hall–Kier alpha value is -1.65. The molecule has 2 aromatic rings. The van der Waals surface area contributed by atoms with Crippen LogP contribution in [0.4, 0.5) is 0 Å². The fraction of sp³-hybridized carbons (Fsp3) is 0.308. The molecule has 0 bridgehead atoms. The van der Waals surface area contributed by atoms with Crippen LogP contribution in [0.1, 0.15) is 16.8 Å². The first-order chi connectivity index (χ1) is 8.38. The molecule has 0 unspecified atom stereocenters. The number of nitrogens with one attached hydrogen (secondary N) is 2. The van der Waals surface area contributed by atoms with Crippen molar-refractivity contribution < 1.29 is 4.74 Å². The molecule has 4 nitrogen and oxygen atoms in total. The van der Waals surface area contributed by atoms with E-state index in [-0.39, 0.29) is 0 Å². The Morgan fingerprint density at radius 2 is 2.18 bits per heavy atom. The SMILES string of the molecule is COCc1cccc(CNCc2cnc[nH]2)c1. The molecule has 0 spiro atoms. The Labute approximate surface area is 101 Å². The molecule has 0 aliphatic heterocycles. The Morgan fingerprint density at radius 1 is 1.29 bits per heavy atom. The summed E-state index contributed by atoms with van der Waals surface area (Å²) in [6.45, 7) is 2.31. The molecule has 0 amide bonds. The summed E-state index contributed by atoms with van der Waals surface area (Å²) in [6, 6.07) is 8.39. The third kappa shape index (κ3) is 3.69. The van der Waals surface area contributed by atoms with Crippen LogP contribution in [0.2, 0.25) is 0 Å². The van der Waals surface area contributed by atoms with Crippen molar-refractivity contribution in [1.82, 2.24) is 15.3 Å². The highest BCUT2D eigenvalue weighted by molar-refractivity contribution is 5.22. The molecule has 0 saturated carbocycles. The number of aromatic amines is 1. The van der Waals surface area contributed by atoms with Gasteiger partial charge in [0.25, 0.3) is 0 Å². The summed E-state index contributed by atoms with van der Waals surface area (Å²) >= 11 is 0. The summed E-state index contributed by atoms with van der Waals surface area (Å²) in [4.78, 5) is 7.04. The van der Waals surface area contributed by atoms with E-state index in [2.05, 4.69) is 39.6 Å². The van der Waals surface area contributed by atoms with Crippen LogP contribution in [-0.2, 0) is 24.4 Å². The van der Waals surface area contributed by atoms with E-state index in [1.807, 2.05) is 6.20 Å². The summed E-state index contributed by atoms with van der Waals surface area (Å²) in [7, 11) is 1.71. The van der Waals surface area contributed by atoms with Crippen LogP contribution in [0, 0.1) is 0 Å². The quantitative estimate of drug-likeness (QED) is 0.797. The largest absolute Gasteiger partial charge is 0.380 e. The molecule has 90 valence electrons. The highest BCUT2D eigenvalue weighted by Gasteiger charge is 1.97. The average Bonchev–Trinajstić information content (AvgIpc) is 2.83. The molecule has 2 rings (SSSR count). The molecular weight excluding hydrogens is 214 g/mol. The fourth-order valence-corrected chi connectivity index (χ4v) is 1.72. The van der Waals surface area contributed by atoms with Crippen molar-refractivity contribution in [2.45, 2.75) is 19.7 Å². The third-order valence-electron chi connectivity index (χ3n) is 2.50. The lowest BCUT2D eigenvalue weighted by molar-refractivity contribution is 0.185. The van der Waals surface area contributed by atoms with E-state index in [9.17, 15) is 0 Å². The zero-order valence-electron chi connectivity index (χ0n) is 9.94. The second-order valence-electron chi connectivity index (χ2n) is 3.93. The maximum atomic E-state index is 5.11. The van der Waals surface area contributed by atoms with Gasteiger partial charge in [-0.1, -0.05) is 24.3 Å². The monoisotopic (exact) mass is 231 g/mol. The third-order valence-corrected chi connectivity index (χ3v) is 2.50. The lowest BCUT2D eigenvalue weighted by Crippen LogP contribution is -2.13. The predicted molar refractivity (Wildman–Crippen MR) is 66.3 cm³/mol. The fourth-order valence-electron chi connectivity index (χ4n) is 1.72. The van der Waals surface area contributed by atoms with Crippen molar-refractivity contribution in [3.63, 3.8) is 0 Å². The van der Waals surface area contributed by atoms with E-state index in [4.69, 9.17) is 4.74 Å². The molecule has 0 fully saturated rings. The second kappa shape index (κ2) is 6.18. The zero-order chi connectivity index (χ0) is 11.9. The van der Waals surface area contributed by atoms with Crippen LogP contribution in [-0.4, -0.2) is 17.1 Å². The number of ether oxygens (including phenoxy) is 1. The van der Waals surface area contributed by atoms with Crippen molar-refractivity contribution in [3.05, 3.63) is 53.6 Å². The minimum absolute atomic E-state index is 0.661. The Kier molecular flexibility index (Phi) is 4.30. The number of imidazole rings is 1. The smallest absolute Gasteiger partial charge is 0.0922 e. The molecule has 1 aromatic heterocycles. The number of hydrogen-bond donors (Lipinski definition) is 2. The Bertz CT molecular complexity index is 440. The number of methoxy groups -OCH3 is 1. The van der Waals surface area contributed by atoms with Gasteiger partial charge in [0.05, 0.1) is 12.9 Å². The van der Waals surface area contributed by atoms with Crippen LogP contribution < -0.4 is 5.32 Å². The number of H-pyrrole nitrogens is 1. The second-order valence-corrected chi connectivity index (χ2v) is 3.93. The molecular formula is C13H17N3O. The van der Waals surface area contributed by atoms with E-state index in [1.165, 1.54) is 11.1 Å². The summed E-state index contributed by atoms with van der Waals surface area (Å²) in [5.41, 5.74) is 3.56.